The van der Waals surface area contributed by atoms with Gasteiger partial charge in [-0.15, -0.1) is 0 Å². The average molecular weight is 459 g/mol. The smallest absolute Gasteiger partial charge is 0.243 e. The van der Waals surface area contributed by atoms with Crippen LogP contribution in [0.3, 0.4) is 0 Å². The molecular formula is C21H23ClN6O2S. The molecule has 1 N–H and O–H groups in total. The van der Waals surface area contributed by atoms with E-state index < -0.39 is 10.0 Å². The Kier molecular flexibility index (Phi) is 6.08. The number of sulfonamides is 1. The van der Waals surface area contributed by atoms with Crippen LogP contribution in [0.4, 0.5) is 17.5 Å². The van der Waals surface area contributed by atoms with Crippen LogP contribution < -0.4 is 10.2 Å². The third-order valence-electron chi connectivity index (χ3n) is 5.09. The summed E-state index contributed by atoms with van der Waals surface area (Å²) in [6.45, 7) is 5.45. The van der Waals surface area contributed by atoms with E-state index in [4.69, 9.17) is 11.6 Å². The largest absolute Gasteiger partial charge is 0.354 e. The first kappa shape index (κ1) is 21.5. The molecule has 10 heteroatoms. The minimum Gasteiger partial charge on any atom is -0.354 e. The summed E-state index contributed by atoms with van der Waals surface area (Å²) in [7, 11) is -3.60. The lowest BCUT2D eigenvalue weighted by Crippen LogP contribution is -2.49. The van der Waals surface area contributed by atoms with Crippen molar-refractivity contribution in [3.8, 4) is 0 Å². The predicted molar refractivity (Wildman–Crippen MR) is 121 cm³/mol. The maximum atomic E-state index is 13.0. The Balaban J connectivity index is 1.48. The van der Waals surface area contributed by atoms with Gasteiger partial charge < -0.3 is 10.2 Å². The predicted octanol–water partition coefficient (Wildman–Crippen LogP) is 3.40. The van der Waals surface area contributed by atoms with Gasteiger partial charge in [-0.1, -0.05) is 23.7 Å². The number of rotatable bonds is 5. The fourth-order valence-electron chi connectivity index (χ4n) is 3.39. The Morgan fingerprint density at radius 1 is 0.968 bits per heavy atom. The van der Waals surface area contributed by atoms with Crippen LogP contribution in [0, 0.1) is 13.8 Å². The van der Waals surface area contributed by atoms with Gasteiger partial charge in [0.05, 0.1) is 4.90 Å². The lowest BCUT2D eigenvalue weighted by atomic mass is 10.2. The third-order valence-corrected chi connectivity index (χ3v) is 7.39. The molecule has 2 aromatic heterocycles. The molecule has 1 aromatic carbocycles. The van der Waals surface area contributed by atoms with E-state index in [0.717, 1.165) is 11.4 Å². The molecule has 162 valence electrons. The molecule has 0 spiro atoms. The van der Waals surface area contributed by atoms with E-state index in [1.165, 1.54) is 10.4 Å². The Hall–Kier alpha value is -2.75. The number of nitrogens with one attached hydrogen (secondary N) is 1. The summed E-state index contributed by atoms with van der Waals surface area (Å²) >= 11 is 6.13. The normalized spacial score (nSPS) is 15.1. The lowest BCUT2D eigenvalue weighted by molar-refractivity contribution is 0.383. The molecule has 0 unspecified atom stereocenters. The van der Waals surface area contributed by atoms with Crippen molar-refractivity contribution >= 4 is 39.1 Å². The summed E-state index contributed by atoms with van der Waals surface area (Å²) in [5, 5.41) is 3.63. The number of aryl methyl sites for hydroxylation is 2. The molecule has 4 rings (SSSR count). The Labute approximate surface area is 187 Å². The third kappa shape index (κ3) is 4.79. The Morgan fingerprint density at radius 2 is 1.74 bits per heavy atom. The first-order valence-corrected chi connectivity index (χ1v) is 11.7. The number of benzene rings is 1. The van der Waals surface area contributed by atoms with E-state index in [0.29, 0.717) is 48.7 Å². The van der Waals surface area contributed by atoms with Gasteiger partial charge in [0, 0.05) is 43.5 Å². The molecular weight excluding hydrogens is 436 g/mol. The molecule has 0 aliphatic carbocycles. The number of piperazine rings is 1. The highest BCUT2D eigenvalue weighted by Crippen LogP contribution is 2.25. The van der Waals surface area contributed by atoms with Gasteiger partial charge in [0.2, 0.25) is 10.0 Å². The van der Waals surface area contributed by atoms with Crippen molar-refractivity contribution in [1.29, 1.82) is 0 Å². The minimum atomic E-state index is -3.60. The van der Waals surface area contributed by atoms with Crippen molar-refractivity contribution in [3.63, 3.8) is 0 Å². The zero-order chi connectivity index (χ0) is 22.0. The molecule has 1 saturated heterocycles. The maximum absolute atomic E-state index is 13.0. The summed E-state index contributed by atoms with van der Waals surface area (Å²) in [6.07, 6.45) is 1.71. The highest BCUT2D eigenvalue weighted by atomic mass is 35.5. The number of anilines is 3. The topological polar surface area (TPSA) is 91.3 Å². The molecule has 8 nitrogen and oxygen atoms in total. The molecule has 0 saturated carbocycles. The van der Waals surface area contributed by atoms with Gasteiger partial charge in [0.15, 0.2) is 0 Å². The monoisotopic (exact) mass is 458 g/mol. The highest BCUT2D eigenvalue weighted by molar-refractivity contribution is 7.89. The van der Waals surface area contributed by atoms with E-state index in [-0.39, 0.29) is 4.90 Å². The summed E-state index contributed by atoms with van der Waals surface area (Å²) in [5.41, 5.74) is 0.847. The summed E-state index contributed by atoms with van der Waals surface area (Å²) in [6, 6.07) is 12.3. The summed E-state index contributed by atoms with van der Waals surface area (Å²) < 4.78 is 27.5. The zero-order valence-corrected chi connectivity index (χ0v) is 18.9. The first-order chi connectivity index (χ1) is 14.8. The Morgan fingerprint density at radius 3 is 2.42 bits per heavy atom. The zero-order valence-electron chi connectivity index (χ0n) is 17.3. The number of pyridine rings is 1. The van der Waals surface area contributed by atoms with Crippen molar-refractivity contribution in [1.82, 2.24) is 19.3 Å². The van der Waals surface area contributed by atoms with Crippen LogP contribution in [-0.2, 0) is 10.0 Å². The number of halogens is 1. The van der Waals surface area contributed by atoms with Crippen molar-refractivity contribution in [2.24, 2.45) is 0 Å². The second-order valence-electron chi connectivity index (χ2n) is 7.30. The van der Waals surface area contributed by atoms with Crippen LogP contribution in [-0.4, -0.2) is 53.9 Å². The van der Waals surface area contributed by atoms with Crippen LogP contribution in [0.1, 0.15) is 11.4 Å². The average Bonchev–Trinajstić information content (AvgIpc) is 2.76. The molecule has 1 aliphatic rings. The van der Waals surface area contributed by atoms with Gasteiger partial charge in [-0.3, -0.25) is 0 Å². The number of hydrogen-bond acceptors (Lipinski definition) is 7. The molecule has 1 fully saturated rings. The van der Waals surface area contributed by atoms with Crippen LogP contribution >= 0.6 is 11.6 Å². The van der Waals surface area contributed by atoms with Gasteiger partial charge in [0.25, 0.3) is 0 Å². The van der Waals surface area contributed by atoms with Gasteiger partial charge >= 0.3 is 0 Å². The molecule has 3 aromatic rings. The Bertz CT molecular complexity index is 1180. The SMILES string of the molecule is Cc1nc(Nc2ccccn2)cc(N2CCN(S(=O)(=O)c3ccc(C)c(Cl)c3)CC2)n1. The molecule has 0 amide bonds. The fraction of sp³-hybridized carbons (Fsp3) is 0.286. The van der Waals surface area contributed by atoms with E-state index in [1.807, 2.05) is 38.1 Å². The highest BCUT2D eigenvalue weighted by Gasteiger charge is 2.29. The number of aromatic nitrogens is 3. The molecule has 3 heterocycles. The standard InChI is InChI=1S/C21H23ClN6O2S/c1-15-6-7-17(13-18(15)22)31(29,30)28-11-9-27(10-12-28)21-14-20(24-16(2)25-21)26-19-5-3-4-8-23-19/h3-8,13-14H,9-12H2,1-2H3,(H,23,24,25,26). The van der Waals surface area contributed by atoms with E-state index >= 15 is 0 Å². The van der Waals surface area contributed by atoms with E-state index in [2.05, 4.69) is 25.2 Å². The van der Waals surface area contributed by atoms with Crippen molar-refractivity contribution in [2.45, 2.75) is 18.7 Å². The van der Waals surface area contributed by atoms with E-state index in [1.54, 1.807) is 18.3 Å². The van der Waals surface area contributed by atoms with Gasteiger partial charge in [0.1, 0.15) is 23.3 Å². The quantitative estimate of drug-likeness (QED) is 0.626. The van der Waals surface area contributed by atoms with Gasteiger partial charge in [-0.2, -0.15) is 4.31 Å². The maximum Gasteiger partial charge on any atom is 0.243 e. The van der Waals surface area contributed by atoms with Crippen LogP contribution in [0.5, 0.6) is 0 Å². The molecule has 1 aliphatic heterocycles. The summed E-state index contributed by atoms with van der Waals surface area (Å²) in [4.78, 5) is 15.5. The summed E-state index contributed by atoms with van der Waals surface area (Å²) in [5.74, 6) is 2.71. The van der Waals surface area contributed by atoms with Crippen LogP contribution in [0.2, 0.25) is 5.02 Å². The van der Waals surface area contributed by atoms with Gasteiger partial charge in [-0.05, 0) is 43.7 Å². The molecule has 0 bridgehead atoms. The second kappa shape index (κ2) is 8.78. The first-order valence-electron chi connectivity index (χ1n) is 9.88. The van der Waals surface area contributed by atoms with Crippen molar-refractivity contribution in [3.05, 3.63) is 65.1 Å². The van der Waals surface area contributed by atoms with Crippen molar-refractivity contribution in [2.75, 3.05) is 36.4 Å². The number of hydrogen-bond donors (Lipinski definition) is 1. The second-order valence-corrected chi connectivity index (χ2v) is 9.65. The fourth-order valence-corrected chi connectivity index (χ4v) is 5.08. The number of nitrogens with zero attached hydrogens (tertiary/aromatic N) is 5. The van der Waals surface area contributed by atoms with Crippen LogP contribution in [0.15, 0.2) is 53.6 Å². The van der Waals surface area contributed by atoms with Gasteiger partial charge in [-0.25, -0.2) is 23.4 Å². The lowest BCUT2D eigenvalue weighted by Gasteiger charge is -2.34. The van der Waals surface area contributed by atoms with Crippen LogP contribution in [0.25, 0.3) is 0 Å². The van der Waals surface area contributed by atoms with Crippen molar-refractivity contribution < 1.29 is 8.42 Å². The molecule has 0 atom stereocenters. The van der Waals surface area contributed by atoms with E-state index in [9.17, 15) is 8.42 Å². The minimum absolute atomic E-state index is 0.219. The molecule has 0 radical (unpaired) electrons. The molecule has 31 heavy (non-hydrogen) atoms.